The van der Waals surface area contributed by atoms with Crippen LogP contribution in [0.5, 0.6) is 5.75 Å². The summed E-state index contributed by atoms with van der Waals surface area (Å²) in [6, 6.07) is 13.8. The van der Waals surface area contributed by atoms with Gasteiger partial charge in [0, 0.05) is 5.39 Å². The van der Waals surface area contributed by atoms with Crippen LogP contribution in [0, 0.1) is 5.41 Å². The molecule has 0 spiro atoms. The molecule has 0 saturated carbocycles. The number of carbonyl (C=O) groups excluding carboxylic acids is 1. The number of carbonyl (C=O) groups is 1. The second-order valence-corrected chi connectivity index (χ2v) is 8.53. The normalized spacial score (nSPS) is 12.9. The molecular formula is C17H22NO3PS. The van der Waals surface area contributed by atoms with Gasteiger partial charge in [-0.1, -0.05) is 69.4 Å². The summed E-state index contributed by atoms with van der Waals surface area (Å²) < 4.78 is 11.0. The number of thiol groups is 1. The molecule has 0 bridgehead atoms. The zero-order valence-electron chi connectivity index (χ0n) is 13.6. The highest BCUT2D eigenvalue weighted by Crippen LogP contribution is 2.40. The number of esters is 1. The summed E-state index contributed by atoms with van der Waals surface area (Å²) in [5.41, 5.74) is -0.0409. The van der Waals surface area contributed by atoms with Crippen molar-refractivity contribution in [2.24, 2.45) is 5.41 Å². The molecular weight excluding hydrogens is 329 g/mol. The molecule has 124 valence electrons. The Morgan fingerprint density at radius 2 is 1.87 bits per heavy atom. The van der Waals surface area contributed by atoms with Crippen LogP contribution >= 0.6 is 19.7 Å². The summed E-state index contributed by atoms with van der Waals surface area (Å²) in [4.78, 5) is 11.7. The molecule has 23 heavy (non-hydrogen) atoms. The molecule has 2 rings (SSSR count). The molecule has 6 heteroatoms. The lowest BCUT2D eigenvalue weighted by Gasteiger charge is -2.19. The van der Waals surface area contributed by atoms with Gasteiger partial charge in [0.1, 0.15) is 12.3 Å². The van der Waals surface area contributed by atoms with Crippen LogP contribution in [0.4, 0.5) is 0 Å². The van der Waals surface area contributed by atoms with Crippen molar-refractivity contribution in [3.05, 3.63) is 42.5 Å². The number of rotatable bonds is 6. The van der Waals surface area contributed by atoms with Crippen LogP contribution in [0.2, 0.25) is 0 Å². The number of hydrogen-bond acceptors (Lipinski definition) is 5. The van der Waals surface area contributed by atoms with Gasteiger partial charge in [0.05, 0.1) is 6.61 Å². The summed E-state index contributed by atoms with van der Waals surface area (Å²) in [5, 5.41) is 5.09. The molecule has 0 amide bonds. The van der Waals surface area contributed by atoms with Gasteiger partial charge in [-0.3, -0.25) is 4.79 Å². The number of benzene rings is 2. The number of nitrogens with one attached hydrogen (secondary N) is 1. The van der Waals surface area contributed by atoms with E-state index < -0.39 is 7.50 Å². The predicted molar refractivity (Wildman–Crippen MR) is 98.9 cm³/mol. The summed E-state index contributed by atoms with van der Waals surface area (Å²) in [7, 11) is -1.26. The number of hydrogen-bond donors (Lipinski definition) is 2. The van der Waals surface area contributed by atoms with Crippen molar-refractivity contribution < 1.29 is 14.1 Å². The second kappa shape index (κ2) is 8.00. The third kappa shape index (κ3) is 6.02. The van der Waals surface area contributed by atoms with E-state index in [1.54, 1.807) is 0 Å². The van der Waals surface area contributed by atoms with E-state index in [2.05, 4.69) is 17.3 Å². The maximum Gasteiger partial charge on any atom is 0.320 e. The zero-order valence-corrected chi connectivity index (χ0v) is 15.4. The first-order valence-electron chi connectivity index (χ1n) is 7.39. The van der Waals surface area contributed by atoms with Gasteiger partial charge in [-0.25, -0.2) is 5.09 Å². The number of fused-ring (bicyclic) bond motifs is 1. The maximum absolute atomic E-state index is 11.7. The Labute approximate surface area is 143 Å². The van der Waals surface area contributed by atoms with Crippen molar-refractivity contribution in [2.45, 2.75) is 20.8 Å². The molecule has 0 radical (unpaired) electrons. The van der Waals surface area contributed by atoms with Crippen LogP contribution in [0.15, 0.2) is 42.5 Å². The topological polar surface area (TPSA) is 47.6 Å². The van der Waals surface area contributed by atoms with Gasteiger partial charge in [0.25, 0.3) is 0 Å². The molecule has 1 atom stereocenters. The van der Waals surface area contributed by atoms with Crippen molar-refractivity contribution in [2.75, 3.05) is 13.2 Å². The Kier molecular flexibility index (Phi) is 6.28. The Bertz CT molecular complexity index is 667. The van der Waals surface area contributed by atoms with Gasteiger partial charge in [-0.05, 0) is 16.9 Å². The first-order chi connectivity index (χ1) is 10.8. The van der Waals surface area contributed by atoms with Crippen LogP contribution in [0.3, 0.4) is 0 Å². The first-order valence-corrected chi connectivity index (χ1v) is 9.80. The Hall–Kier alpha value is -1.29. The van der Waals surface area contributed by atoms with E-state index in [0.29, 0.717) is 6.61 Å². The van der Waals surface area contributed by atoms with Crippen LogP contribution in [-0.4, -0.2) is 19.1 Å². The molecule has 0 aliphatic rings. The molecule has 0 aliphatic carbocycles. The van der Waals surface area contributed by atoms with Crippen molar-refractivity contribution in [1.82, 2.24) is 5.09 Å². The highest BCUT2D eigenvalue weighted by atomic mass is 32.7. The summed E-state index contributed by atoms with van der Waals surface area (Å²) >= 11 is 4.39. The van der Waals surface area contributed by atoms with E-state index in [4.69, 9.17) is 9.26 Å². The second-order valence-electron chi connectivity index (χ2n) is 6.40. The van der Waals surface area contributed by atoms with Crippen molar-refractivity contribution in [1.29, 1.82) is 0 Å². The summed E-state index contributed by atoms with van der Waals surface area (Å²) in [5.74, 6) is 0.447. The van der Waals surface area contributed by atoms with Crippen LogP contribution in [-0.2, 0) is 9.53 Å². The SMILES string of the molecule is CC(C)(C)COC(=O)CNP(S)Oc1cccc2ccccc12. The van der Waals surface area contributed by atoms with Gasteiger partial charge in [0.15, 0.2) is 0 Å². The van der Waals surface area contributed by atoms with Gasteiger partial charge in [-0.2, -0.15) is 0 Å². The molecule has 0 saturated heterocycles. The minimum Gasteiger partial charge on any atom is -0.464 e. The average molecular weight is 351 g/mol. The van der Waals surface area contributed by atoms with Gasteiger partial charge >= 0.3 is 5.97 Å². The maximum atomic E-state index is 11.7. The lowest BCUT2D eigenvalue weighted by atomic mass is 9.99. The number of ether oxygens (including phenoxy) is 1. The highest BCUT2D eigenvalue weighted by Gasteiger charge is 2.15. The third-order valence-electron chi connectivity index (χ3n) is 2.96. The predicted octanol–water partition coefficient (Wildman–Crippen LogP) is 4.55. The first kappa shape index (κ1) is 18.1. The molecule has 4 nitrogen and oxygen atoms in total. The molecule has 0 aromatic heterocycles. The van der Waals surface area contributed by atoms with Crippen molar-refractivity contribution in [3.8, 4) is 5.75 Å². The van der Waals surface area contributed by atoms with Crippen LogP contribution in [0.25, 0.3) is 10.8 Å². The fraction of sp³-hybridized carbons (Fsp3) is 0.353. The lowest BCUT2D eigenvalue weighted by molar-refractivity contribution is -0.144. The summed E-state index contributed by atoms with van der Waals surface area (Å²) in [6.45, 7) is 6.52. The Balaban J connectivity index is 1.87. The fourth-order valence-corrected chi connectivity index (χ4v) is 3.03. The van der Waals surface area contributed by atoms with E-state index in [-0.39, 0.29) is 17.9 Å². The van der Waals surface area contributed by atoms with E-state index >= 15 is 0 Å². The molecule has 1 unspecified atom stereocenters. The highest BCUT2D eigenvalue weighted by molar-refractivity contribution is 8.43. The minimum absolute atomic E-state index is 0.0409. The summed E-state index contributed by atoms with van der Waals surface area (Å²) in [6.07, 6.45) is 0. The molecule has 1 N–H and O–H groups in total. The molecule has 0 aliphatic heterocycles. The Morgan fingerprint density at radius 1 is 1.17 bits per heavy atom. The van der Waals surface area contributed by atoms with E-state index in [0.717, 1.165) is 16.5 Å². The largest absolute Gasteiger partial charge is 0.464 e. The van der Waals surface area contributed by atoms with Crippen molar-refractivity contribution in [3.63, 3.8) is 0 Å². The molecule has 0 heterocycles. The van der Waals surface area contributed by atoms with E-state index in [9.17, 15) is 4.79 Å². The zero-order chi connectivity index (χ0) is 16.9. The fourth-order valence-electron chi connectivity index (χ4n) is 1.88. The van der Waals surface area contributed by atoms with Crippen LogP contribution in [0.1, 0.15) is 20.8 Å². The average Bonchev–Trinajstić information content (AvgIpc) is 2.50. The molecule has 0 fully saturated rings. The Morgan fingerprint density at radius 3 is 2.61 bits per heavy atom. The lowest BCUT2D eigenvalue weighted by Crippen LogP contribution is -2.25. The smallest absolute Gasteiger partial charge is 0.320 e. The molecule has 2 aromatic rings. The minimum atomic E-state index is -1.26. The monoisotopic (exact) mass is 351 g/mol. The quantitative estimate of drug-likeness (QED) is 0.455. The van der Waals surface area contributed by atoms with E-state index in [1.165, 1.54) is 0 Å². The standard InChI is InChI=1S/C17H22NO3PS/c1-17(2,3)12-20-16(19)11-18-22(23)21-15-10-6-8-13-7-4-5-9-14(13)15/h4-10,18,23H,11-12H2,1-3H3. The van der Waals surface area contributed by atoms with Gasteiger partial charge < -0.3 is 9.26 Å². The van der Waals surface area contributed by atoms with Crippen LogP contribution < -0.4 is 9.61 Å². The van der Waals surface area contributed by atoms with Gasteiger partial charge in [0.2, 0.25) is 7.50 Å². The van der Waals surface area contributed by atoms with Crippen molar-refractivity contribution >= 4 is 36.5 Å². The molecule has 2 aromatic carbocycles. The van der Waals surface area contributed by atoms with E-state index in [1.807, 2.05) is 63.2 Å². The van der Waals surface area contributed by atoms with Gasteiger partial charge in [-0.15, -0.1) is 0 Å². The third-order valence-corrected chi connectivity index (χ3v) is 4.43.